The molecule has 0 aliphatic rings. The van der Waals surface area contributed by atoms with E-state index in [9.17, 15) is 8.42 Å². The Morgan fingerprint density at radius 1 is 1.10 bits per heavy atom. The summed E-state index contributed by atoms with van der Waals surface area (Å²) >= 11 is 8.25. The van der Waals surface area contributed by atoms with Crippen molar-refractivity contribution in [2.45, 2.75) is 18.4 Å². The molecule has 0 saturated carbocycles. The number of hydrogen-bond donors (Lipinski definition) is 0. The zero-order valence-electron chi connectivity index (χ0n) is 10.7. The summed E-state index contributed by atoms with van der Waals surface area (Å²) in [6.07, 6.45) is 0. The zero-order valence-corrected chi connectivity index (χ0v) is 15.5. The third-order valence-electron chi connectivity index (χ3n) is 2.77. The summed E-state index contributed by atoms with van der Waals surface area (Å²) in [5.41, 5.74) is 0. The first kappa shape index (κ1) is 16.2. The number of halogens is 2. The van der Waals surface area contributed by atoms with Gasteiger partial charge in [-0.25, -0.2) is 8.42 Å². The van der Waals surface area contributed by atoms with Crippen molar-refractivity contribution in [3.8, 4) is 0 Å². The summed E-state index contributed by atoms with van der Waals surface area (Å²) < 4.78 is 28.5. The van der Waals surface area contributed by atoms with Crippen LogP contribution < -0.4 is 0 Å². The summed E-state index contributed by atoms with van der Waals surface area (Å²) in [5, 5.41) is 0. The zero-order chi connectivity index (χ0) is 14.8. The van der Waals surface area contributed by atoms with Crippen molar-refractivity contribution in [3.05, 3.63) is 49.5 Å². The molecule has 0 N–H and O–H groups in total. The van der Waals surface area contributed by atoms with Crippen LogP contribution in [0.1, 0.15) is 11.8 Å². The van der Waals surface area contributed by atoms with E-state index in [0.717, 1.165) is 13.1 Å². The SMILES string of the molecule is CCN(Cc1ccc(Br)s1)S(=O)(=O)c1ccc(Br)cc1. The van der Waals surface area contributed by atoms with E-state index in [1.165, 1.54) is 4.31 Å². The van der Waals surface area contributed by atoms with Crippen LogP contribution in [0.15, 0.2) is 49.6 Å². The van der Waals surface area contributed by atoms with Gasteiger partial charge >= 0.3 is 0 Å². The second kappa shape index (κ2) is 6.70. The maximum absolute atomic E-state index is 12.6. The predicted molar refractivity (Wildman–Crippen MR) is 89.4 cm³/mol. The van der Waals surface area contributed by atoms with Gasteiger partial charge < -0.3 is 0 Å². The van der Waals surface area contributed by atoms with Crippen molar-refractivity contribution in [1.29, 1.82) is 0 Å². The minimum absolute atomic E-state index is 0.318. The first-order valence-electron chi connectivity index (χ1n) is 5.93. The average molecular weight is 439 g/mol. The summed E-state index contributed by atoms with van der Waals surface area (Å²) in [7, 11) is -3.45. The van der Waals surface area contributed by atoms with Crippen LogP contribution in [0.5, 0.6) is 0 Å². The van der Waals surface area contributed by atoms with Gasteiger partial charge in [-0.3, -0.25) is 0 Å². The minimum atomic E-state index is -3.45. The molecule has 108 valence electrons. The lowest BCUT2D eigenvalue weighted by Gasteiger charge is -2.19. The Bertz CT molecular complexity index is 681. The van der Waals surface area contributed by atoms with E-state index in [0.29, 0.717) is 18.0 Å². The van der Waals surface area contributed by atoms with Crippen LogP contribution in [0.2, 0.25) is 0 Å². The lowest BCUT2D eigenvalue weighted by atomic mass is 10.4. The van der Waals surface area contributed by atoms with E-state index < -0.39 is 10.0 Å². The maximum atomic E-state index is 12.6. The van der Waals surface area contributed by atoms with Gasteiger partial charge in [0, 0.05) is 22.4 Å². The van der Waals surface area contributed by atoms with Gasteiger partial charge in [0.15, 0.2) is 0 Å². The van der Waals surface area contributed by atoms with Crippen LogP contribution in [0.3, 0.4) is 0 Å². The molecule has 7 heteroatoms. The van der Waals surface area contributed by atoms with Gasteiger partial charge in [0.05, 0.1) is 8.68 Å². The van der Waals surface area contributed by atoms with Crippen molar-refractivity contribution in [2.24, 2.45) is 0 Å². The topological polar surface area (TPSA) is 37.4 Å². The number of hydrogen-bond acceptors (Lipinski definition) is 3. The summed E-state index contributed by atoms with van der Waals surface area (Å²) in [5.74, 6) is 0. The Morgan fingerprint density at radius 3 is 2.25 bits per heavy atom. The lowest BCUT2D eigenvalue weighted by molar-refractivity contribution is 0.426. The van der Waals surface area contributed by atoms with Crippen molar-refractivity contribution in [2.75, 3.05) is 6.54 Å². The van der Waals surface area contributed by atoms with Crippen LogP contribution in [0, 0.1) is 0 Å². The Hall–Kier alpha value is -0.210. The van der Waals surface area contributed by atoms with Gasteiger partial charge in [-0.05, 0) is 52.3 Å². The summed E-state index contributed by atoms with van der Waals surface area (Å²) in [6, 6.07) is 10.6. The van der Waals surface area contributed by atoms with Crippen LogP contribution in [-0.4, -0.2) is 19.3 Å². The monoisotopic (exact) mass is 437 g/mol. The highest BCUT2D eigenvalue weighted by molar-refractivity contribution is 9.11. The third kappa shape index (κ3) is 3.71. The van der Waals surface area contributed by atoms with Crippen LogP contribution in [0.4, 0.5) is 0 Å². The van der Waals surface area contributed by atoms with Crippen molar-refractivity contribution in [3.63, 3.8) is 0 Å². The van der Waals surface area contributed by atoms with E-state index in [2.05, 4.69) is 31.9 Å². The van der Waals surface area contributed by atoms with E-state index in [4.69, 9.17) is 0 Å². The number of nitrogens with zero attached hydrogens (tertiary/aromatic N) is 1. The molecule has 0 radical (unpaired) electrons. The van der Waals surface area contributed by atoms with Crippen molar-refractivity contribution < 1.29 is 8.42 Å². The van der Waals surface area contributed by atoms with Gasteiger partial charge in [0.1, 0.15) is 0 Å². The molecule has 1 aromatic heterocycles. The fourth-order valence-corrected chi connectivity index (χ4v) is 5.01. The summed E-state index contributed by atoms with van der Waals surface area (Å²) in [6.45, 7) is 2.68. The van der Waals surface area contributed by atoms with Gasteiger partial charge in [-0.15, -0.1) is 11.3 Å². The average Bonchev–Trinajstić information content (AvgIpc) is 2.82. The number of benzene rings is 1. The van der Waals surface area contributed by atoms with Gasteiger partial charge in [0.2, 0.25) is 10.0 Å². The van der Waals surface area contributed by atoms with Gasteiger partial charge in [-0.1, -0.05) is 22.9 Å². The van der Waals surface area contributed by atoms with Gasteiger partial charge in [0.25, 0.3) is 0 Å². The molecule has 0 saturated heterocycles. The molecule has 0 aliphatic carbocycles. The van der Waals surface area contributed by atoms with Crippen LogP contribution >= 0.6 is 43.2 Å². The molecule has 0 atom stereocenters. The molecular weight excluding hydrogens is 426 g/mol. The molecule has 0 bridgehead atoms. The molecule has 0 unspecified atom stereocenters. The molecule has 3 nitrogen and oxygen atoms in total. The molecule has 0 aliphatic heterocycles. The second-order valence-corrected chi connectivity index (χ2v) is 9.49. The van der Waals surface area contributed by atoms with E-state index in [1.54, 1.807) is 35.6 Å². The summed E-state index contributed by atoms with van der Waals surface area (Å²) in [4.78, 5) is 1.33. The van der Waals surface area contributed by atoms with Crippen LogP contribution in [0.25, 0.3) is 0 Å². The highest BCUT2D eigenvalue weighted by Crippen LogP contribution is 2.26. The first-order valence-corrected chi connectivity index (χ1v) is 9.77. The quantitative estimate of drug-likeness (QED) is 0.689. The lowest BCUT2D eigenvalue weighted by Crippen LogP contribution is -2.30. The predicted octanol–water partition coefficient (Wildman–Crippen LogP) is 4.48. The molecule has 0 amide bonds. The molecule has 0 fully saturated rings. The molecule has 20 heavy (non-hydrogen) atoms. The second-order valence-electron chi connectivity index (χ2n) is 4.09. The Labute approximate surface area is 139 Å². The number of sulfonamides is 1. The molecular formula is C13H13Br2NO2S2. The smallest absolute Gasteiger partial charge is 0.207 e. The Balaban J connectivity index is 2.27. The normalized spacial score (nSPS) is 12.0. The van der Waals surface area contributed by atoms with E-state index in [-0.39, 0.29) is 0 Å². The molecule has 1 heterocycles. The molecule has 0 spiro atoms. The van der Waals surface area contributed by atoms with Crippen molar-refractivity contribution in [1.82, 2.24) is 4.31 Å². The molecule has 2 rings (SSSR count). The number of thiophene rings is 1. The molecule has 2 aromatic rings. The van der Waals surface area contributed by atoms with E-state index >= 15 is 0 Å². The fraction of sp³-hybridized carbons (Fsp3) is 0.231. The minimum Gasteiger partial charge on any atom is -0.207 e. The Morgan fingerprint density at radius 2 is 1.75 bits per heavy atom. The maximum Gasteiger partial charge on any atom is 0.243 e. The van der Waals surface area contributed by atoms with E-state index in [1.807, 2.05) is 19.1 Å². The highest BCUT2D eigenvalue weighted by Gasteiger charge is 2.23. The Kier molecular flexibility index (Phi) is 5.42. The molecule has 1 aromatic carbocycles. The standard InChI is InChI=1S/C13H13Br2NO2S2/c1-2-16(9-11-5-8-13(15)19-11)20(17,18)12-6-3-10(14)4-7-12/h3-8H,2,9H2,1H3. The number of rotatable bonds is 5. The van der Waals surface area contributed by atoms with Crippen LogP contribution in [-0.2, 0) is 16.6 Å². The van der Waals surface area contributed by atoms with Gasteiger partial charge in [-0.2, -0.15) is 4.31 Å². The third-order valence-corrected chi connectivity index (χ3v) is 6.84. The largest absolute Gasteiger partial charge is 0.243 e. The first-order chi connectivity index (χ1) is 9.43. The highest BCUT2D eigenvalue weighted by atomic mass is 79.9. The fourth-order valence-electron chi connectivity index (χ4n) is 1.73. The van der Waals surface area contributed by atoms with Crippen molar-refractivity contribution >= 4 is 53.2 Å².